The van der Waals surface area contributed by atoms with Crippen molar-refractivity contribution in [3.05, 3.63) is 63.0 Å². The molecule has 2 aromatic carbocycles. The van der Waals surface area contributed by atoms with E-state index in [1.54, 1.807) is 6.08 Å². The number of carboxylic acids is 1. The molecule has 1 aliphatic rings. The van der Waals surface area contributed by atoms with Gasteiger partial charge in [0.1, 0.15) is 15.6 Å². The standard InChI is InChI=1S/C20H15BrN2O5S2/c21-12-3-1-2-11(8-12)9-16-18(26)23(20(29)30-16)7-6-17(25)22-13-4-5-15(24)14(10-13)19(27)28/h1-5,8-10,24H,6-7H2,(H,22,25)(H,27,28). The fourth-order valence-electron chi connectivity index (χ4n) is 2.66. The lowest BCUT2D eigenvalue weighted by Gasteiger charge is -2.14. The molecule has 0 atom stereocenters. The molecule has 1 fully saturated rings. The van der Waals surface area contributed by atoms with E-state index in [0.29, 0.717) is 9.23 Å². The van der Waals surface area contributed by atoms with Gasteiger partial charge in [-0.05, 0) is 42.0 Å². The summed E-state index contributed by atoms with van der Waals surface area (Å²) in [6, 6.07) is 11.2. The summed E-state index contributed by atoms with van der Waals surface area (Å²) in [6.07, 6.45) is 1.72. The molecule has 0 aromatic heterocycles. The van der Waals surface area contributed by atoms with Crippen molar-refractivity contribution in [3.63, 3.8) is 0 Å². The smallest absolute Gasteiger partial charge is 0.339 e. The summed E-state index contributed by atoms with van der Waals surface area (Å²) < 4.78 is 1.26. The highest BCUT2D eigenvalue weighted by Gasteiger charge is 2.32. The lowest BCUT2D eigenvalue weighted by molar-refractivity contribution is -0.122. The number of amides is 2. The molecule has 3 N–H and O–H groups in total. The number of hydrogen-bond acceptors (Lipinski definition) is 6. The van der Waals surface area contributed by atoms with Crippen LogP contribution in [0.3, 0.4) is 0 Å². The first-order valence-electron chi connectivity index (χ1n) is 8.61. The van der Waals surface area contributed by atoms with Crippen LogP contribution in [0, 0.1) is 0 Å². The fourth-order valence-corrected chi connectivity index (χ4v) is 4.39. The molecular weight excluding hydrogens is 492 g/mol. The van der Waals surface area contributed by atoms with Crippen LogP contribution in [0.5, 0.6) is 5.75 Å². The van der Waals surface area contributed by atoms with Crippen LogP contribution < -0.4 is 5.32 Å². The fraction of sp³-hybridized carbons (Fsp3) is 0.100. The third-order valence-electron chi connectivity index (χ3n) is 4.09. The Morgan fingerprint density at radius 3 is 2.70 bits per heavy atom. The first-order chi connectivity index (χ1) is 14.2. The van der Waals surface area contributed by atoms with Crippen LogP contribution in [-0.4, -0.2) is 43.8 Å². The van der Waals surface area contributed by atoms with Crippen molar-refractivity contribution in [1.29, 1.82) is 0 Å². The van der Waals surface area contributed by atoms with Crippen molar-refractivity contribution in [2.75, 3.05) is 11.9 Å². The number of phenols is 1. The minimum Gasteiger partial charge on any atom is -0.507 e. The minimum atomic E-state index is -1.31. The summed E-state index contributed by atoms with van der Waals surface area (Å²) in [5, 5.41) is 21.1. The summed E-state index contributed by atoms with van der Waals surface area (Å²) in [7, 11) is 0. The molecule has 0 spiro atoms. The zero-order chi connectivity index (χ0) is 21.8. The molecule has 0 radical (unpaired) electrons. The monoisotopic (exact) mass is 506 g/mol. The van der Waals surface area contributed by atoms with Gasteiger partial charge < -0.3 is 15.5 Å². The van der Waals surface area contributed by atoms with Crippen LogP contribution in [0.2, 0.25) is 0 Å². The lowest BCUT2D eigenvalue weighted by atomic mass is 10.1. The number of benzene rings is 2. The van der Waals surface area contributed by atoms with Gasteiger partial charge in [-0.15, -0.1) is 0 Å². The number of carboxylic acid groups (broad SMARTS) is 1. The van der Waals surface area contributed by atoms with Crippen LogP contribution in [0.25, 0.3) is 6.08 Å². The predicted octanol–water partition coefficient (Wildman–Crippen LogP) is 4.08. The molecule has 0 bridgehead atoms. The Kier molecular flexibility index (Phi) is 6.91. The molecule has 3 rings (SSSR count). The molecule has 0 unspecified atom stereocenters. The molecule has 30 heavy (non-hydrogen) atoms. The summed E-state index contributed by atoms with van der Waals surface area (Å²) in [5.74, 6) is -2.38. The highest BCUT2D eigenvalue weighted by Crippen LogP contribution is 2.33. The molecule has 10 heteroatoms. The lowest BCUT2D eigenvalue weighted by Crippen LogP contribution is -2.31. The minimum absolute atomic E-state index is 0.0279. The molecular formula is C20H15BrN2O5S2. The Bertz CT molecular complexity index is 1090. The van der Waals surface area contributed by atoms with Crippen molar-refractivity contribution in [1.82, 2.24) is 4.90 Å². The Morgan fingerprint density at radius 2 is 2.00 bits per heavy atom. The Balaban J connectivity index is 1.62. The van der Waals surface area contributed by atoms with Gasteiger partial charge in [0.25, 0.3) is 5.91 Å². The second-order valence-electron chi connectivity index (χ2n) is 6.22. The predicted molar refractivity (Wildman–Crippen MR) is 122 cm³/mol. The molecule has 154 valence electrons. The first-order valence-corrected chi connectivity index (χ1v) is 10.6. The molecule has 2 aromatic rings. The molecule has 7 nitrogen and oxygen atoms in total. The number of nitrogens with zero attached hydrogens (tertiary/aromatic N) is 1. The maximum absolute atomic E-state index is 12.6. The topological polar surface area (TPSA) is 107 Å². The van der Waals surface area contributed by atoms with Crippen molar-refractivity contribution < 1.29 is 24.6 Å². The Morgan fingerprint density at radius 1 is 1.23 bits per heavy atom. The quantitative estimate of drug-likeness (QED) is 0.307. The number of aromatic carboxylic acids is 1. The summed E-state index contributed by atoms with van der Waals surface area (Å²) in [5.41, 5.74) is 0.766. The van der Waals surface area contributed by atoms with Crippen LogP contribution in [0.1, 0.15) is 22.3 Å². The van der Waals surface area contributed by atoms with Gasteiger partial charge in [0.2, 0.25) is 5.91 Å². The van der Waals surface area contributed by atoms with E-state index in [4.69, 9.17) is 17.3 Å². The van der Waals surface area contributed by atoms with Crippen LogP contribution in [-0.2, 0) is 9.59 Å². The zero-order valence-electron chi connectivity index (χ0n) is 15.3. The molecule has 1 saturated heterocycles. The van der Waals surface area contributed by atoms with E-state index >= 15 is 0 Å². The Hall–Kier alpha value is -2.69. The molecule has 0 aliphatic carbocycles. The number of anilines is 1. The maximum atomic E-state index is 12.6. The van der Waals surface area contributed by atoms with E-state index in [-0.39, 0.29) is 30.1 Å². The SMILES string of the molecule is O=C(CCN1C(=O)C(=Cc2cccc(Br)c2)SC1=S)Nc1ccc(O)c(C(=O)O)c1. The average Bonchev–Trinajstić information content (AvgIpc) is 2.94. The molecule has 1 heterocycles. The van der Waals surface area contributed by atoms with Gasteiger partial charge in [-0.25, -0.2) is 4.79 Å². The van der Waals surface area contributed by atoms with Gasteiger partial charge >= 0.3 is 5.97 Å². The summed E-state index contributed by atoms with van der Waals surface area (Å²) >= 11 is 9.83. The Labute approximate surface area is 189 Å². The van der Waals surface area contributed by atoms with Crippen LogP contribution in [0.4, 0.5) is 5.69 Å². The maximum Gasteiger partial charge on any atom is 0.339 e. The van der Waals surface area contributed by atoms with Gasteiger partial charge in [0, 0.05) is 23.1 Å². The largest absolute Gasteiger partial charge is 0.507 e. The summed E-state index contributed by atoms with van der Waals surface area (Å²) in [6.45, 7) is 0.0934. The number of halogens is 1. The number of aromatic hydroxyl groups is 1. The van der Waals surface area contributed by atoms with E-state index in [0.717, 1.165) is 16.1 Å². The van der Waals surface area contributed by atoms with Gasteiger partial charge in [0.15, 0.2) is 0 Å². The van der Waals surface area contributed by atoms with Gasteiger partial charge in [0.05, 0.1) is 4.91 Å². The molecule has 0 saturated carbocycles. The highest BCUT2D eigenvalue weighted by atomic mass is 79.9. The van der Waals surface area contributed by atoms with E-state index in [1.807, 2.05) is 24.3 Å². The van der Waals surface area contributed by atoms with Gasteiger partial charge in [-0.1, -0.05) is 52.0 Å². The number of carbonyl (C=O) groups is 3. The van der Waals surface area contributed by atoms with Crippen molar-refractivity contribution in [2.45, 2.75) is 6.42 Å². The van der Waals surface area contributed by atoms with Crippen LogP contribution in [0.15, 0.2) is 51.8 Å². The normalized spacial score (nSPS) is 15.0. The second-order valence-corrected chi connectivity index (χ2v) is 8.82. The van der Waals surface area contributed by atoms with Crippen molar-refractivity contribution in [2.24, 2.45) is 0 Å². The zero-order valence-corrected chi connectivity index (χ0v) is 18.5. The van der Waals surface area contributed by atoms with E-state index < -0.39 is 17.6 Å². The van der Waals surface area contributed by atoms with Crippen molar-refractivity contribution in [3.8, 4) is 5.75 Å². The van der Waals surface area contributed by atoms with Gasteiger partial charge in [-0.3, -0.25) is 14.5 Å². The number of nitrogens with one attached hydrogen (secondary N) is 1. The first kappa shape index (κ1) is 22.0. The number of hydrogen-bond donors (Lipinski definition) is 3. The highest BCUT2D eigenvalue weighted by molar-refractivity contribution is 9.10. The average molecular weight is 507 g/mol. The number of thioether (sulfide) groups is 1. The second kappa shape index (κ2) is 9.41. The third kappa shape index (κ3) is 5.26. The van der Waals surface area contributed by atoms with E-state index in [2.05, 4.69) is 21.2 Å². The number of thiocarbonyl (C=S) groups is 1. The summed E-state index contributed by atoms with van der Waals surface area (Å²) in [4.78, 5) is 37.8. The molecule has 2 amide bonds. The van der Waals surface area contributed by atoms with Gasteiger partial charge in [-0.2, -0.15) is 0 Å². The third-order valence-corrected chi connectivity index (χ3v) is 5.96. The van der Waals surface area contributed by atoms with E-state index in [9.17, 15) is 19.5 Å². The van der Waals surface area contributed by atoms with Crippen molar-refractivity contribution >= 4 is 73.8 Å². The number of rotatable bonds is 6. The van der Waals surface area contributed by atoms with Crippen LogP contribution >= 0.6 is 39.9 Å². The van der Waals surface area contributed by atoms with E-state index in [1.165, 1.54) is 28.8 Å². The molecule has 1 aliphatic heterocycles. The number of carbonyl (C=O) groups excluding carboxylic acids is 2.